The average molecular weight is 257 g/mol. The van der Waals surface area contributed by atoms with Crippen molar-refractivity contribution in [3.8, 4) is 0 Å². The standard InChI is InChI=1S/C11H22F3NO2/c1-2-16-8-4-3-6-15-7-10-17-9-5-11(12,13)14/h15H,2-10H2,1H3. The highest BCUT2D eigenvalue weighted by molar-refractivity contribution is 4.50. The summed E-state index contributed by atoms with van der Waals surface area (Å²) >= 11 is 0. The van der Waals surface area contributed by atoms with E-state index in [1.54, 1.807) is 0 Å². The summed E-state index contributed by atoms with van der Waals surface area (Å²) in [6.07, 6.45) is -2.99. The highest BCUT2D eigenvalue weighted by Crippen LogP contribution is 2.18. The molecule has 0 radical (unpaired) electrons. The molecule has 0 aromatic heterocycles. The average Bonchev–Trinajstić information content (AvgIpc) is 2.24. The summed E-state index contributed by atoms with van der Waals surface area (Å²) in [6.45, 7) is 4.95. The zero-order valence-corrected chi connectivity index (χ0v) is 10.3. The van der Waals surface area contributed by atoms with Gasteiger partial charge in [0.05, 0.1) is 19.6 Å². The van der Waals surface area contributed by atoms with Crippen LogP contribution in [0.2, 0.25) is 0 Å². The molecule has 0 fully saturated rings. The van der Waals surface area contributed by atoms with Gasteiger partial charge in [0.1, 0.15) is 0 Å². The van der Waals surface area contributed by atoms with Crippen LogP contribution >= 0.6 is 0 Å². The quantitative estimate of drug-likeness (QED) is 0.576. The normalized spacial score (nSPS) is 12.0. The van der Waals surface area contributed by atoms with Crippen LogP contribution in [0.4, 0.5) is 13.2 Å². The molecule has 0 aliphatic heterocycles. The molecule has 17 heavy (non-hydrogen) atoms. The number of halogens is 3. The van der Waals surface area contributed by atoms with Crippen LogP contribution in [0.5, 0.6) is 0 Å². The maximum absolute atomic E-state index is 11.7. The molecular weight excluding hydrogens is 235 g/mol. The molecule has 0 aromatic rings. The Morgan fingerprint density at radius 2 is 1.71 bits per heavy atom. The van der Waals surface area contributed by atoms with Crippen LogP contribution in [0.25, 0.3) is 0 Å². The van der Waals surface area contributed by atoms with E-state index in [1.807, 2.05) is 6.92 Å². The highest BCUT2D eigenvalue weighted by Gasteiger charge is 2.26. The van der Waals surface area contributed by atoms with E-state index in [0.717, 1.165) is 32.6 Å². The van der Waals surface area contributed by atoms with Gasteiger partial charge in [0.15, 0.2) is 0 Å². The van der Waals surface area contributed by atoms with Crippen LogP contribution in [0, 0.1) is 0 Å². The maximum Gasteiger partial charge on any atom is 0.391 e. The Kier molecular flexibility index (Phi) is 10.6. The molecule has 0 rings (SSSR count). The fraction of sp³-hybridized carbons (Fsp3) is 1.00. The first-order valence-corrected chi connectivity index (χ1v) is 5.99. The first-order valence-electron chi connectivity index (χ1n) is 5.99. The lowest BCUT2D eigenvalue weighted by molar-refractivity contribution is -0.145. The predicted molar refractivity (Wildman–Crippen MR) is 60.1 cm³/mol. The first kappa shape index (κ1) is 16.7. The van der Waals surface area contributed by atoms with Crippen molar-refractivity contribution in [1.29, 1.82) is 0 Å². The number of alkyl halides is 3. The molecule has 0 bridgehead atoms. The SMILES string of the molecule is CCOCCCCNCCOCCC(F)(F)F. The van der Waals surface area contributed by atoms with E-state index < -0.39 is 12.6 Å². The molecule has 3 nitrogen and oxygen atoms in total. The van der Waals surface area contributed by atoms with E-state index in [4.69, 9.17) is 9.47 Å². The second kappa shape index (κ2) is 10.8. The number of ether oxygens (including phenoxy) is 2. The minimum Gasteiger partial charge on any atom is -0.382 e. The van der Waals surface area contributed by atoms with Crippen LogP contribution in [-0.4, -0.2) is 45.7 Å². The molecule has 0 amide bonds. The van der Waals surface area contributed by atoms with Crippen molar-refractivity contribution in [1.82, 2.24) is 5.32 Å². The lowest BCUT2D eigenvalue weighted by Gasteiger charge is -2.08. The Labute approximate surface area is 101 Å². The molecule has 0 aliphatic carbocycles. The van der Waals surface area contributed by atoms with E-state index in [0.29, 0.717) is 13.2 Å². The minimum atomic E-state index is -4.12. The maximum atomic E-state index is 11.7. The fourth-order valence-corrected chi connectivity index (χ4v) is 1.16. The third-order valence-corrected chi connectivity index (χ3v) is 2.05. The summed E-state index contributed by atoms with van der Waals surface area (Å²) in [5, 5.41) is 3.10. The van der Waals surface area contributed by atoms with Crippen molar-refractivity contribution in [3.05, 3.63) is 0 Å². The van der Waals surface area contributed by atoms with E-state index in [1.165, 1.54) is 0 Å². The summed E-state index contributed by atoms with van der Waals surface area (Å²) in [5.41, 5.74) is 0. The van der Waals surface area contributed by atoms with Crippen LogP contribution in [0.3, 0.4) is 0 Å². The van der Waals surface area contributed by atoms with Gasteiger partial charge in [-0.15, -0.1) is 0 Å². The van der Waals surface area contributed by atoms with Gasteiger partial charge in [-0.3, -0.25) is 0 Å². The van der Waals surface area contributed by atoms with Gasteiger partial charge in [-0.25, -0.2) is 0 Å². The Hall–Kier alpha value is -0.330. The Morgan fingerprint density at radius 1 is 0.941 bits per heavy atom. The molecule has 0 atom stereocenters. The van der Waals surface area contributed by atoms with Crippen molar-refractivity contribution in [2.75, 3.05) is 39.5 Å². The zero-order valence-electron chi connectivity index (χ0n) is 10.3. The van der Waals surface area contributed by atoms with Crippen molar-refractivity contribution < 1.29 is 22.6 Å². The molecule has 104 valence electrons. The van der Waals surface area contributed by atoms with Gasteiger partial charge >= 0.3 is 6.18 Å². The molecular formula is C11H22F3NO2. The van der Waals surface area contributed by atoms with Crippen LogP contribution < -0.4 is 5.32 Å². The Balaban J connectivity index is 2.99. The number of hydrogen-bond donors (Lipinski definition) is 1. The Morgan fingerprint density at radius 3 is 2.35 bits per heavy atom. The molecule has 0 unspecified atom stereocenters. The van der Waals surface area contributed by atoms with E-state index in [2.05, 4.69) is 5.32 Å². The molecule has 0 heterocycles. The van der Waals surface area contributed by atoms with Gasteiger partial charge in [0.25, 0.3) is 0 Å². The summed E-state index contributed by atoms with van der Waals surface area (Å²) in [5.74, 6) is 0. The molecule has 0 saturated carbocycles. The van der Waals surface area contributed by atoms with Crippen molar-refractivity contribution >= 4 is 0 Å². The summed E-state index contributed by atoms with van der Waals surface area (Å²) in [7, 11) is 0. The van der Waals surface area contributed by atoms with Crippen LogP contribution in [0.15, 0.2) is 0 Å². The van der Waals surface area contributed by atoms with Gasteiger partial charge < -0.3 is 14.8 Å². The van der Waals surface area contributed by atoms with Crippen LogP contribution in [-0.2, 0) is 9.47 Å². The number of nitrogens with one attached hydrogen (secondary N) is 1. The van der Waals surface area contributed by atoms with Crippen molar-refractivity contribution in [2.45, 2.75) is 32.4 Å². The summed E-state index contributed by atoms with van der Waals surface area (Å²) in [6, 6.07) is 0. The first-order chi connectivity index (χ1) is 8.06. The van der Waals surface area contributed by atoms with Crippen molar-refractivity contribution in [3.63, 3.8) is 0 Å². The van der Waals surface area contributed by atoms with E-state index >= 15 is 0 Å². The largest absolute Gasteiger partial charge is 0.391 e. The zero-order chi connectivity index (χ0) is 13.0. The number of hydrogen-bond acceptors (Lipinski definition) is 3. The second-order valence-corrected chi connectivity index (χ2v) is 3.63. The predicted octanol–water partition coefficient (Wildman–Crippen LogP) is 2.36. The van der Waals surface area contributed by atoms with Crippen molar-refractivity contribution in [2.24, 2.45) is 0 Å². The summed E-state index contributed by atoms with van der Waals surface area (Å²) in [4.78, 5) is 0. The third kappa shape index (κ3) is 15.7. The van der Waals surface area contributed by atoms with Crippen LogP contribution in [0.1, 0.15) is 26.2 Å². The minimum absolute atomic E-state index is 0.254. The number of unbranched alkanes of at least 4 members (excludes halogenated alkanes) is 1. The van der Waals surface area contributed by atoms with Gasteiger partial charge in [0, 0.05) is 19.8 Å². The lowest BCUT2D eigenvalue weighted by Crippen LogP contribution is -2.22. The molecule has 0 spiro atoms. The molecule has 0 aliphatic rings. The van der Waals surface area contributed by atoms with Gasteiger partial charge in [-0.1, -0.05) is 0 Å². The van der Waals surface area contributed by atoms with E-state index in [9.17, 15) is 13.2 Å². The topological polar surface area (TPSA) is 30.5 Å². The van der Waals surface area contributed by atoms with E-state index in [-0.39, 0.29) is 6.61 Å². The smallest absolute Gasteiger partial charge is 0.382 e. The molecule has 6 heteroatoms. The monoisotopic (exact) mass is 257 g/mol. The Bertz CT molecular complexity index is 165. The second-order valence-electron chi connectivity index (χ2n) is 3.63. The fourth-order valence-electron chi connectivity index (χ4n) is 1.16. The molecule has 1 N–H and O–H groups in total. The molecule has 0 saturated heterocycles. The van der Waals surface area contributed by atoms with Gasteiger partial charge in [0.2, 0.25) is 0 Å². The van der Waals surface area contributed by atoms with Gasteiger partial charge in [-0.2, -0.15) is 13.2 Å². The highest BCUT2D eigenvalue weighted by atomic mass is 19.4. The summed E-state index contributed by atoms with van der Waals surface area (Å²) < 4.78 is 45.2. The lowest BCUT2D eigenvalue weighted by atomic mass is 10.3. The van der Waals surface area contributed by atoms with Gasteiger partial charge in [-0.05, 0) is 26.3 Å². The third-order valence-electron chi connectivity index (χ3n) is 2.05. The molecule has 0 aromatic carbocycles. The number of rotatable bonds is 11.